The molecule has 1 aromatic carbocycles. The van der Waals surface area contributed by atoms with Gasteiger partial charge in [-0.1, -0.05) is 35.0 Å². The Morgan fingerprint density at radius 2 is 1.87 bits per heavy atom. The van der Waals surface area contributed by atoms with Gasteiger partial charge in [-0.2, -0.15) is 0 Å². The van der Waals surface area contributed by atoms with E-state index >= 15 is 0 Å². The molecule has 8 nitrogen and oxygen atoms in total. The van der Waals surface area contributed by atoms with E-state index in [1.807, 2.05) is 41.5 Å². The van der Waals surface area contributed by atoms with Crippen LogP contribution < -0.4 is 5.32 Å². The molecule has 3 heterocycles. The lowest BCUT2D eigenvalue weighted by Crippen LogP contribution is -2.50. The van der Waals surface area contributed by atoms with Gasteiger partial charge in [0.05, 0.1) is 6.54 Å². The highest BCUT2D eigenvalue weighted by Gasteiger charge is 2.25. The number of nitrogens with zero attached hydrogens (tertiary/aromatic N) is 4. The number of rotatable bonds is 5. The Hall–Kier alpha value is -3.04. The first kappa shape index (κ1) is 20.2. The highest BCUT2D eigenvalue weighted by Crippen LogP contribution is 2.24. The Balaban J connectivity index is 1.29. The second-order valence-corrected chi connectivity index (χ2v) is 8.20. The predicted octanol–water partition coefficient (Wildman–Crippen LogP) is 2.81. The zero-order valence-corrected chi connectivity index (χ0v) is 17.7. The Morgan fingerprint density at radius 1 is 1.13 bits per heavy atom. The highest BCUT2D eigenvalue weighted by atomic mass is 32.1. The number of amides is 2. The lowest BCUT2D eigenvalue weighted by molar-refractivity contribution is -0.117. The molecule has 1 fully saturated rings. The summed E-state index contributed by atoms with van der Waals surface area (Å²) in [5.41, 5.74) is 2.68. The predicted molar refractivity (Wildman–Crippen MR) is 115 cm³/mol. The third-order valence-corrected chi connectivity index (χ3v) is 5.84. The summed E-state index contributed by atoms with van der Waals surface area (Å²) in [6.07, 6.45) is 0. The largest absolute Gasteiger partial charge is 0.360 e. The van der Waals surface area contributed by atoms with E-state index in [0.717, 1.165) is 10.6 Å². The van der Waals surface area contributed by atoms with Gasteiger partial charge < -0.3 is 14.7 Å². The van der Waals surface area contributed by atoms with E-state index in [4.69, 9.17) is 4.52 Å². The van der Waals surface area contributed by atoms with E-state index in [1.54, 1.807) is 17.9 Å². The first-order chi connectivity index (χ1) is 14.5. The summed E-state index contributed by atoms with van der Waals surface area (Å²) in [6.45, 7) is 6.45. The monoisotopic (exact) mass is 425 g/mol. The maximum Gasteiger partial charge on any atom is 0.273 e. The molecule has 1 aliphatic rings. The van der Waals surface area contributed by atoms with Crippen LogP contribution in [0.2, 0.25) is 0 Å². The van der Waals surface area contributed by atoms with E-state index in [-0.39, 0.29) is 18.4 Å². The van der Waals surface area contributed by atoms with Crippen LogP contribution in [0.4, 0.5) is 5.82 Å². The van der Waals surface area contributed by atoms with Gasteiger partial charge in [0.15, 0.2) is 5.82 Å². The summed E-state index contributed by atoms with van der Waals surface area (Å²) >= 11 is 1.48. The Kier molecular flexibility index (Phi) is 5.91. The van der Waals surface area contributed by atoms with Gasteiger partial charge in [0.2, 0.25) is 5.91 Å². The number of carbonyl (C=O) groups excluding carboxylic acids is 2. The van der Waals surface area contributed by atoms with E-state index in [1.165, 1.54) is 16.9 Å². The molecule has 0 atom stereocenters. The van der Waals surface area contributed by atoms with Crippen LogP contribution in [0.1, 0.15) is 21.8 Å². The van der Waals surface area contributed by atoms with Crippen LogP contribution in [0.3, 0.4) is 0 Å². The molecule has 1 aliphatic heterocycles. The SMILES string of the molecule is Cc1ccc(-c2nc(C(=O)N3CCN(CC(=O)Nc4cc(C)on4)CC3)cs2)cc1. The van der Waals surface area contributed by atoms with Crippen molar-refractivity contribution in [2.24, 2.45) is 0 Å². The van der Waals surface area contributed by atoms with Gasteiger partial charge in [-0.15, -0.1) is 11.3 Å². The van der Waals surface area contributed by atoms with Crippen molar-refractivity contribution in [1.82, 2.24) is 19.9 Å². The summed E-state index contributed by atoms with van der Waals surface area (Å²) in [5.74, 6) is 0.848. The van der Waals surface area contributed by atoms with E-state index < -0.39 is 0 Å². The van der Waals surface area contributed by atoms with Crippen LogP contribution in [-0.4, -0.2) is 64.5 Å². The Morgan fingerprint density at radius 3 is 2.53 bits per heavy atom. The molecule has 2 aromatic heterocycles. The van der Waals surface area contributed by atoms with Crippen LogP contribution in [0.5, 0.6) is 0 Å². The standard InChI is InChI=1S/C21H23N5O3S/c1-14-3-5-16(6-4-14)20-22-17(13-30-20)21(28)26-9-7-25(8-10-26)12-19(27)23-18-11-15(2)29-24-18/h3-6,11,13H,7-10,12H2,1-2H3,(H,23,24,27). The number of nitrogens with one attached hydrogen (secondary N) is 1. The molecule has 3 aromatic rings. The first-order valence-electron chi connectivity index (χ1n) is 9.75. The number of aromatic nitrogens is 2. The van der Waals surface area contributed by atoms with Crippen LogP contribution >= 0.6 is 11.3 Å². The van der Waals surface area contributed by atoms with Crippen LogP contribution in [0.15, 0.2) is 40.2 Å². The molecular weight excluding hydrogens is 402 g/mol. The fourth-order valence-electron chi connectivity index (χ4n) is 3.28. The molecule has 30 heavy (non-hydrogen) atoms. The Labute approximate surface area is 178 Å². The fourth-order valence-corrected chi connectivity index (χ4v) is 4.08. The van der Waals surface area contributed by atoms with Crippen molar-refractivity contribution in [2.45, 2.75) is 13.8 Å². The number of thiazole rings is 1. The highest BCUT2D eigenvalue weighted by molar-refractivity contribution is 7.13. The summed E-state index contributed by atoms with van der Waals surface area (Å²) in [4.78, 5) is 33.3. The van der Waals surface area contributed by atoms with Gasteiger partial charge in [-0.25, -0.2) is 4.98 Å². The van der Waals surface area contributed by atoms with Gasteiger partial charge in [0.1, 0.15) is 16.5 Å². The number of hydrogen-bond donors (Lipinski definition) is 1. The molecule has 0 spiro atoms. The van der Waals surface area contributed by atoms with E-state index in [2.05, 4.69) is 15.5 Å². The molecule has 0 unspecified atom stereocenters. The van der Waals surface area contributed by atoms with E-state index in [0.29, 0.717) is 43.5 Å². The third-order valence-electron chi connectivity index (χ3n) is 4.94. The molecule has 156 valence electrons. The summed E-state index contributed by atoms with van der Waals surface area (Å²) in [5, 5.41) is 9.14. The number of benzene rings is 1. The number of anilines is 1. The molecule has 1 saturated heterocycles. The van der Waals surface area contributed by atoms with Gasteiger partial charge in [0, 0.05) is 43.2 Å². The van der Waals surface area contributed by atoms with Crippen molar-refractivity contribution < 1.29 is 14.1 Å². The minimum atomic E-state index is -0.148. The minimum absolute atomic E-state index is 0.0632. The second-order valence-electron chi connectivity index (χ2n) is 7.34. The third kappa shape index (κ3) is 4.74. The summed E-state index contributed by atoms with van der Waals surface area (Å²) in [6, 6.07) is 9.79. The minimum Gasteiger partial charge on any atom is -0.360 e. The lowest BCUT2D eigenvalue weighted by Gasteiger charge is -2.33. The zero-order valence-electron chi connectivity index (χ0n) is 16.9. The molecule has 0 aliphatic carbocycles. The molecule has 9 heteroatoms. The Bertz CT molecular complexity index is 1040. The number of carbonyl (C=O) groups is 2. The van der Waals surface area contributed by atoms with Crippen molar-refractivity contribution in [2.75, 3.05) is 38.0 Å². The fraction of sp³-hybridized carbons (Fsp3) is 0.333. The lowest BCUT2D eigenvalue weighted by atomic mass is 10.2. The topological polar surface area (TPSA) is 91.6 Å². The maximum absolute atomic E-state index is 12.8. The molecule has 0 saturated carbocycles. The number of hydrogen-bond acceptors (Lipinski definition) is 7. The summed E-state index contributed by atoms with van der Waals surface area (Å²) < 4.78 is 4.95. The average molecular weight is 426 g/mol. The van der Waals surface area contributed by atoms with Gasteiger partial charge in [0.25, 0.3) is 5.91 Å². The van der Waals surface area contributed by atoms with Gasteiger partial charge in [-0.05, 0) is 13.8 Å². The number of aryl methyl sites for hydroxylation is 2. The van der Waals surface area contributed by atoms with Crippen molar-refractivity contribution in [3.8, 4) is 10.6 Å². The molecule has 1 N–H and O–H groups in total. The van der Waals surface area contributed by atoms with Gasteiger partial charge >= 0.3 is 0 Å². The second kappa shape index (κ2) is 8.76. The van der Waals surface area contributed by atoms with Crippen molar-refractivity contribution >= 4 is 29.0 Å². The molecule has 2 amide bonds. The van der Waals surface area contributed by atoms with Crippen molar-refractivity contribution in [3.63, 3.8) is 0 Å². The quantitative estimate of drug-likeness (QED) is 0.676. The van der Waals surface area contributed by atoms with Crippen molar-refractivity contribution in [1.29, 1.82) is 0 Å². The normalized spacial score (nSPS) is 14.7. The van der Waals surface area contributed by atoms with Gasteiger partial charge in [-0.3, -0.25) is 14.5 Å². The smallest absolute Gasteiger partial charge is 0.273 e. The first-order valence-corrected chi connectivity index (χ1v) is 10.6. The molecule has 4 rings (SSSR count). The molecule has 0 bridgehead atoms. The van der Waals surface area contributed by atoms with E-state index in [9.17, 15) is 9.59 Å². The van der Waals surface area contributed by atoms with Crippen molar-refractivity contribution in [3.05, 3.63) is 52.7 Å². The van der Waals surface area contributed by atoms with Crippen LogP contribution in [0, 0.1) is 13.8 Å². The zero-order chi connectivity index (χ0) is 21.1. The molecular formula is C21H23N5O3S. The maximum atomic E-state index is 12.8. The average Bonchev–Trinajstić information content (AvgIpc) is 3.38. The van der Waals surface area contributed by atoms with Crippen LogP contribution in [-0.2, 0) is 4.79 Å². The summed E-state index contributed by atoms with van der Waals surface area (Å²) in [7, 11) is 0. The van der Waals surface area contributed by atoms with Crippen LogP contribution in [0.25, 0.3) is 10.6 Å². The number of piperazine rings is 1. The molecule has 0 radical (unpaired) electrons.